The monoisotopic (exact) mass is 410 g/mol. The molecule has 1 saturated heterocycles. The van der Waals surface area contributed by atoms with Crippen molar-refractivity contribution < 1.29 is 13.9 Å². The highest BCUT2D eigenvalue weighted by Gasteiger charge is 2.30. The van der Waals surface area contributed by atoms with E-state index in [0.717, 1.165) is 18.4 Å². The first-order chi connectivity index (χ1) is 14.5. The first kappa shape index (κ1) is 19.7. The van der Waals surface area contributed by atoms with Crippen molar-refractivity contribution in [2.75, 3.05) is 23.8 Å². The number of furan rings is 1. The topological polar surface area (TPSA) is 124 Å². The van der Waals surface area contributed by atoms with Crippen LogP contribution in [0.2, 0.25) is 0 Å². The number of rotatable bonds is 6. The van der Waals surface area contributed by atoms with E-state index in [2.05, 4.69) is 4.98 Å². The van der Waals surface area contributed by atoms with Crippen LogP contribution in [-0.4, -0.2) is 34.7 Å². The fourth-order valence-electron chi connectivity index (χ4n) is 3.56. The summed E-state index contributed by atoms with van der Waals surface area (Å²) in [5.41, 5.74) is 5.63. The molecule has 1 aliphatic heterocycles. The molecule has 156 valence electrons. The first-order valence-corrected chi connectivity index (χ1v) is 9.68. The molecule has 9 nitrogen and oxygen atoms in total. The van der Waals surface area contributed by atoms with E-state index in [4.69, 9.17) is 14.9 Å². The molecule has 0 unspecified atom stereocenters. The second-order valence-corrected chi connectivity index (χ2v) is 7.09. The Labute approximate surface area is 171 Å². The average molecular weight is 410 g/mol. The van der Waals surface area contributed by atoms with Gasteiger partial charge in [0.25, 0.3) is 11.5 Å². The van der Waals surface area contributed by atoms with Crippen LogP contribution in [0.25, 0.3) is 0 Å². The number of benzene rings is 1. The summed E-state index contributed by atoms with van der Waals surface area (Å²) in [6.45, 7) is 0.862. The summed E-state index contributed by atoms with van der Waals surface area (Å²) in [5.74, 6) is -0.560. The predicted molar refractivity (Wildman–Crippen MR) is 111 cm³/mol. The third-order valence-corrected chi connectivity index (χ3v) is 5.05. The molecule has 1 fully saturated rings. The van der Waals surface area contributed by atoms with Crippen LogP contribution in [0, 0.1) is 0 Å². The van der Waals surface area contributed by atoms with Crippen molar-refractivity contribution in [2.24, 2.45) is 0 Å². The minimum absolute atomic E-state index is 0.0626. The Bertz CT molecular complexity index is 1130. The number of amides is 1. The molecule has 1 aliphatic rings. The summed E-state index contributed by atoms with van der Waals surface area (Å²) >= 11 is 0. The van der Waals surface area contributed by atoms with Crippen LogP contribution in [0.15, 0.2) is 62.7 Å². The van der Waals surface area contributed by atoms with E-state index in [9.17, 15) is 14.4 Å². The fraction of sp³-hybridized carbons (Fsp3) is 0.286. The molecule has 0 spiro atoms. The standard InChI is InChI=1S/C21H22N4O5/c22-18-17(19(26)23-21(28)25(18)12-14-6-2-1-3-7-14)24(13-15-8-4-10-29-15)20(27)16-9-5-11-30-16/h1-3,5-7,9,11,15H,4,8,10,12-13,22H2,(H,23,26,28)/t15-/m1/s1. The molecule has 0 aliphatic carbocycles. The normalized spacial score (nSPS) is 15.9. The van der Waals surface area contributed by atoms with Gasteiger partial charge in [0.05, 0.1) is 25.5 Å². The number of nitrogens with one attached hydrogen (secondary N) is 1. The van der Waals surface area contributed by atoms with Gasteiger partial charge in [-0.3, -0.25) is 24.0 Å². The van der Waals surface area contributed by atoms with Gasteiger partial charge in [-0.15, -0.1) is 0 Å². The van der Waals surface area contributed by atoms with Crippen molar-refractivity contribution in [3.8, 4) is 0 Å². The maximum Gasteiger partial charge on any atom is 0.330 e. The summed E-state index contributed by atoms with van der Waals surface area (Å²) in [4.78, 5) is 41.9. The molecule has 30 heavy (non-hydrogen) atoms. The summed E-state index contributed by atoms with van der Waals surface area (Å²) in [5, 5.41) is 0. The van der Waals surface area contributed by atoms with Gasteiger partial charge < -0.3 is 14.9 Å². The van der Waals surface area contributed by atoms with E-state index in [-0.39, 0.29) is 36.5 Å². The van der Waals surface area contributed by atoms with Crippen molar-refractivity contribution in [1.82, 2.24) is 9.55 Å². The van der Waals surface area contributed by atoms with Crippen LogP contribution in [0.4, 0.5) is 11.5 Å². The number of nitrogens with two attached hydrogens (primary N) is 1. The number of nitrogen functional groups attached to an aromatic ring is 1. The number of H-pyrrole nitrogens is 1. The summed E-state index contributed by atoms with van der Waals surface area (Å²) in [6, 6.07) is 12.3. The van der Waals surface area contributed by atoms with Gasteiger partial charge in [0.1, 0.15) is 5.82 Å². The van der Waals surface area contributed by atoms with Gasteiger partial charge in [-0.1, -0.05) is 30.3 Å². The highest BCUT2D eigenvalue weighted by atomic mass is 16.5. The lowest BCUT2D eigenvalue weighted by atomic mass is 10.2. The summed E-state index contributed by atoms with van der Waals surface area (Å²) < 4.78 is 12.1. The number of aromatic nitrogens is 2. The number of carbonyl (C=O) groups excluding carboxylic acids is 1. The average Bonchev–Trinajstić information content (AvgIpc) is 3.45. The van der Waals surface area contributed by atoms with Crippen LogP contribution in [0.1, 0.15) is 29.0 Å². The molecule has 1 amide bonds. The second-order valence-electron chi connectivity index (χ2n) is 7.09. The van der Waals surface area contributed by atoms with E-state index < -0.39 is 17.2 Å². The summed E-state index contributed by atoms with van der Waals surface area (Å²) in [7, 11) is 0. The first-order valence-electron chi connectivity index (χ1n) is 9.68. The summed E-state index contributed by atoms with van der Waals surface area (Å²) in [6.07, 6.45) is 2.76. The predicted octanol–water partition coefficient (Wildman–Crippen LogP) is 1.59. The van der Waals surface area contributed by atoms with Crippen LogP contribution < -0.4 is 21.9 Å². The Morgan fingerprint density at radius 3 is 2.67 bits per heavy atom. The molecule has 1 atom stereocenters. The van der Waals surface area contributed by atoms with Crippen molar-refractivity contribution in [2.45, 2.75) is 25.5 Å². The Morgan fingerprint density at radius 1 is 1.20 bits per heavy atom. The largest absolute Gasteiger partial charge is 0.459 e. The van der Waals surface area contributed by atoms with Crippen LogP contribution >= 0.6 is 0 Å². The van der Waals surface area contributed by atoms with E-state index in [1.807, 2.05) is 30.3 Å². The van der Waals surface area contributed by atoms with Gasteiger partial charge in [-0.2, -0.15) is 0 Å². The second kappa shape index (κ2) is 8.42. The Balaban J connectivity index is 1.79. The quantitative estimate of drug-likeness (QED) is 0.636. The highest BCUT2D eigenvalue weighted by Crippen LogP contribution is 2.23. The minimum Gasteiger partial charge on any atom is -0.459 e. The molecule has 0 bridgehead atoms. The molecular weight excluding hydrogens is 388 g/mol. The Kier molecular flexibility index (Phi) is 5.53. The molecule has 3 heterocycles. The number of hydrogen-bond donors (Lipinski definition) is 2. The van der Waals surface area contributed by atoms with Gasteiger partial charge in [0.2, 0.25) is 0 Å². The third-order valence-electron chi connectivity index (χ3n) is 5.05. The van der Waals surface area contributed by atoms with E-state index in [0.29, 0.717) is 6.61 Å². The molecule has 1 aromatic carbocycles. The van der Waals surface area contributed by atoms with E-state index in [1.165, 1.54) is 21.8 Å². The maximum absolute atomic E-state index is 13.1. The van der Waals surface area contributed by atoms with E-state index >= 15 is 0 Å². The number of nitrogens with zero attached hydrogens (tertiary/aromatic N) is 2. The maximum atomic E-state index is 13.1. The zero-order chi connectivity index (χ0) is 21.1. The van der Waals surface area contributed by atoms with Crippen LogP contribution in [-0.2, 0) is 11.3 Å². The third kappa shape index (κ3) is 3.92. The molecule has 0 saturated carbocycles. The zero-order valence-corrected chi connectivity index (χ0v) is 16.2. The lowest BCUT2D eigenvalue weighted by Gasteiger charge is -2.26. The van der Waals surface area contributed by atoms with Gasteiger partial charge in [-0.25, -0.2) is 4.79 Å². The molecule has 3 N–H and O–H groups in total. The van der Waals surface area contributed by atoms with Crippen molar-refractivity contribution in [1.29, 1.82) is 0 Å². The molecule has 4 rings (SSSR count). The number of carbonyl (C=O) groups is 1. The molecule has 3 aromatic rings. The molecular formula is C21H22N4O5. The van der Waals surface area contributed by atoms with Gasteiger partial charge >= 0.3 is 5.69 Å². The van der Waals surface area contributed by atoms with Gasteiger partial charge in [0.15, 0.2) is 11.4 Å². The lowest BCUT2D eigenvalue weighted by molar-refractivity contribution is 0.0894. The molecule has 0 radical (unpaired) electrons. The minimum atomic E-state index is -0.736. The lowest BCUT2D eigenvalue weighted by Crippen LogP contribution is -2.44. The smallest absolute Gasteiger partial charge is 0.330 e. The molecule has 9 heteroatoms. The SMILES string of the molecule is Nc1c(N(C[C@H]2CCCO2)C(=O)c2ccco2)c(=O)[nH]c(=O)n1Cc1ccccc1. The van der Waals surface area contributed by atoms with Crippen molar-refractivity contribution in [3.63, 3.8) is 0 Å². The fourth-order valence-corrected chi connectivity index (χ4v) is 3.56. The van der Waals surface area contributed by atoms with E-state index in [1.54, 1.807) is 6.07 Å². The Hall–Kier alpha value is -3.59. The van der Waals surface area contributed by atoms with Crippen molar-refractivity contribution >= 4 is 17.4 Å². The van der Waals surface area contributed by atoms with Crippen LogP contribution in [0.3, 0.4) is 0 Å². The molecule has 2 aromatic heterocycles. The number of hydrogen-bond acceptors (Lipinski definition) is 6. The van der Waals surface area contributed by atoms with Crippen molar-refractivity contribution in [3.05, 3.63) is 80.9 Å². The van der Waals surface area contributed by atoms with Crippen LogP contribution in [0.5, 0.6) is 0 Å². The number of aromatic amines is 1. The Morgan fingerprint density at radius 2 is 2.00 bits per heavy atom. The zero-order valence-electron chi connectivity index (χ0n) is 16.2. The number of anilines is 2. The van der Waals surface area contributed by atoms with Gasteiger partial charge in [-0.05, 0) is 30.5 Å². The van der Waals surface area contributed by atoms with Gasteiger partial charge in [0, 0.05) is 6.61 Å². The number of ether oxygens (including phenoxy) is 1. The highest BCUT2D eigenvalue weighted by molar-refractivity contribution is 6.05.